The molecule has 2 saturated heterocycles. The van der Waals surface area contributed by atoms with Gasteiger partial charge in [-0.15, -0.1) is 0 Å². The molecule has 2 aliphatic heterocycles. The van der Waals surface area contributed by atoms with Crippen molar-refractivity contribution in [3.05, 3.63) is 46.8 Å². The number of thiophene rings is 1. The summed E-state index contributed by atoms with van der Waals surface area (Å²) < 4.78 is 0. The van der Waals surface area contributed by atoms with Crippen LogP contribution >= 0.6 is 11.3 Å². The predicted octanol–water partition coefficient (Wildman–Crippen LogP) is 5.29. The fraction of sp³-hybridized carbons (Fsp3) is 0.458. The molecule has 29 heavy (non-hydrogen) atoms. The number of hydrogen-bond donors (Lipinski definition) is 2. The summed E-state index contributed by atoms with van der Waals surface area (Å²) in [6.45, 7) is 4.28. The number of carbonyl (C=O) groups excluding carboxylic acids is 1. The Morgan fingerprint density at radius 1 is 1.34 bits per heavy atom. The van der Waals surface area contributed by atoms with Crippen LogP contribution in [0.25, 0.3) is 22.0 Å². The Morgan fingerprint density at radius 3 is 2.90 bits per heavy atom. The normalized spacial score (nSPS) is 27.1. The fourth-order valence-electron chi connectivity index (χ4n) is 5.50. The summed E-state index contributed by atoms with van der Waals surface area (Å²) in [4.78, 5) is 18.8. The van der Waals surface area contributed by atoms with Crippen LogP contribution in [0.1, 0.15) is 57.4 Å². The molecule has 2 atom stereocenters. The molecule has 3 fully saturated rings. The molecule has 2 N–H and O–H groups in total. The second-order valence-electron chi connectivity index (χ2n) is 8.94. The summed E-state index contributed by atoms with van der Waals surface area (Å²) in [5.74, 6) is 0.368. The third-order valence-electron chi connectivity index (χ3n) is 6.97. The number of carbonyl (C=O) groups is 1. The van der Waals surface area contributed by atoms with Gasteiger partial charge in [0.1, 0.15) is 0 Å². The molecule has 1 amide bonds. The van der Waals surface area contributed by atoms with Crippen molar-refractivity contribution in [1.82, 2.24) is 9.88 Å². The first-order valence-corrected chi connectivity index (χ1v) is 11.6. The number of nitrogens with one attached hydrogen (secondary N) is 1. The predicted molar refractivity (Wildman–Crippen MR) is 118 cm³/mol. The smallest absolute Gasteiger partial charge is 0.223 e. The van der Waals surface area contributed by atoms with Crippen molar-refractivity contribution in [2.75, 3.05) is 0 Å². The average molecular weight is 409 g/mol. The van der Waals surface area contributed by atoms with E-state index in [1.807, 2.05) is 0 Å². The third kappa shape index (κ3) is 3.11. The molecular formula is C24H28N2O2S. The monoisotopic (exact) mass is 408 g/mol. The van der Waals surface area contributed by atoms with E-state index in [0.29, 0.717) is 6.42 Å². The molecule has 152 valence electrons. The van der Waals surface area contributed by atoms with Crippen LogP contribution in [0.5, 0.6) is 0 Å². The SMILES string of the molecule is CCC1CC2(O)CC(C2)N1C(=O)CC(C)c1c[nH]c2cccc(-c3ccsc3)c12. The molecule has 0 radical (unpaired) electrons. The summed E-state index contributed by atoms with van der Waals surface area (Å²) in [6, 6.07) is 8.92. The number of aromatic nitrogens is 1. The molecule has 3 aromatic rings. The molecule has 5 heteroatoms. The van der Waals surface area contributed by atoms with E-state index in [1.165, 1.54) is 22.1 Å². The summed E-state index contributed by atoms with van der Waals surface area (Å²) in [7, 11) is 0. The van der Waals surface area contributed by atoms with Gasteiger partial charge in [-0.25, -0.2) is 0 Å². The summed E-state index contributed by atoms with van der Waals surface area (Å²) >= 11 is 1.70. The number of aromatic amines is 1. The minimum atomic E-state index is -0.514. The lowest BCUT2D eigenvalue weighted by molar-refractivity contribution is -0.178. The Labute approximate surface area is 175 Å². The number of hydrogen-bond acceptors (Lipinski definition) is 3. The number of amides is 1. The van der Waals surface area contributed by atoms with Crippen LogP contribution < -0.4 is 0 Å². The highest BCUT2D eigenvalue weighted by Crippen LogP contribution is 2.47. The topological polar surface area (TPSA) is 56.3 Å². The van der Waals surface area contributed by atoms with Crippen LogP contribution in [0.4, 0.5) is 0 Å². The lowest BCUT2D eigenvalue weighted by atomic mass is 9.66. The Balaban J connectivity index is 1.42. The molecule has 4 nitrogen and oxygen atoms in total. The number of fused-ring (bicyclic) bond motifs is 3. The van der Waals surface area contributed by atoms with Gasteiger partial charge < -0.3 is 15.0 Å². The molecule has 6 rings (SSSR count). The molecule has 2 unspecified atom stereocenters. The van der Waals surface area contributed by atoms with Gasteiger partial charge in [0.25, 0.3) is 0 Å². The maximum absolute atomic E-state index is 13.3. The highest BCUT2D eigenvalue weighted by Gasteiger charge is 2.54. The lowest BCUT2D eigenvalue weighted by Gasteiger charge is -2.58. The Kier molecular flexibility index (Phi) is 4.56. The number of aliphatic hydroxyl groups is 1. The highest BCUT2D eigenvalue weighted by molar-refractivity contribution is 7.08. The molecule has 2 bridgehead atoms. The van der Waals surface area contributed by atoms with Crippen LogP contribution in [0, 0.1) is 0 Å². The first-order valence-electron chi connectivity index (χ1n) is 10.6. The molecule has 4 heterocycles. The first-order chi connectivity index (χ1) is 14.0. The lowest BCUT2D eigenvalue weighted by Crippen LogP contribution is -2.67. The Hall–Kier alpha value is -2.11. The average Bonchev–Trinajstić information content (AvgIpc) is 3.36. The molecule has 1 saturated carbocycles. The quantitative estimate of drug-likeness (QED) is 0.602. The zero-order valence-corrected chi connectivity index (χ0v) is 17.8. The van der Waals surface area contributed by atoms with Gasteiger partial charge in [0.15, 0.2) is 0 Å². The van der Waals surface area contributed by atoms with Crippen molar-refractivity contribution >= 4 is 28.1 Å². The van der Waals surface area contributed by atoms with Crippen LogP contribution in [-0.2, 0) is 4.79 Å². The zero-order chi connectivity index (χ0) is 20.2. The summed E-state index contributed by atoms with van der Waals surface area (Å²) in [6.07, 6.45) is 5.73. The molecule has 2 aromatic heterocycles. The summed E-state index contributed by atoms with van der Waals surface area (Å²) in [5, 5.41) is 16.0. The van der Waals surface area contributed by atoms with E-state index in [2.05, 4.69) is 65.0 Å². The minimum absolute atomic E-state index is 0.134. The van der Waals surface area contributed by atoms with E-state index >= 15 is 0 Å². The van der Waals surface area contributed by atoms with E-state index in [-0.39, 0.29) is 23.9 Å². The van der Waals surface area contributed by atoms with Gasteiger partial charge in [-0.1, -0.05) is 26.0 Å². The maximum Gasteiger partial charge on any atom is 0.223 e. The van der Waals surface area contributed by atoms with Gasteiger partial charge in [-0.2, -0.15) is 11.3 Å². The van der Waals surface area contributed by atoms with Crippen LogP contribution in [0.3, 0.4) is 0 Å². The molecule has 1 aliphatic carbocycles. The van der Waals surface area contributed by atoms with E-state index < -0.39 is 5.60 Å². The van der Waals surface area contributed by atoms with Gasteiger partial charge in [0.05, 0.1) is 5.60 Å². The third-order valence-corrected chi connectivity index (χ3v) is 7.66. The van der Waals surface area contributed by atoms with Gasteiger partial charge >= 0.3 is 0 Å². The number of H-pyrrole nitrogens is 1. The second-order valence-corrected chi connectivity index (χ2v) is 9.72. The van der Waals surface area contributed by atoms with Crippen molar-refractivity contribution in [2.45, 2.75) is 69.6 Å². The highest BCUT2D eigenvalue weighted by atomic mass is 32.1. The Morgan fingerprint density at radius 2 is 2.17 bits per heavy atom. The van der Waals surface area contributed by atoms with Crippen molar-refractivity contribution < 1.29 is 9.90 Å². The van der Waals surface area contributed by atoms with Crippen molar-refractivity contribution in [3.8, 4) is 11.1 Å². The van der Waals surface area contributed by atoms with Crippen LogP contribution in [-0.4, -0.2) is 38.6 Å². The van der Waals surface area contributed by atoms with Crippen molar-refractivity contribution in [1.29, 1.82) is 0 Å². The largest absolute Gasteiger partial charge is 0.390 e. The number of piperidine rings is 2. The minimum Gasteiger partial charge on any atom is -0.390 e. The summed E-state index contributed by atoms with van der Waals surface area (Å²) in [5.41, 5.74) is 4.28. The Bertz CT molecular complexity index is 1030. The number of rotatable bonds is 5. The van der Waals surface area contributed by atoms with E-state index in [9.17, 15) is 9.90 Å². The van der Waals surface area contributed by atoms with Crippen LogP contribution in [0.15, 0.2) is 41.2 Å². The standard InChI is InChI=1S/C24H28N2O2S/c1-3-17-10-24(28)11-18(12-24)26(17)22(27)9-15(2)20-13-25-21-6-4-5-19(23(20)21)16-7-8-29-14-16/h4-8,13-15,17-18,25,28H,3,9-12H2,1-2H3. The molecule has 0 spiro atoms. The molecule has 1 aromatic carbocycles. The molecule has 3 aliphatic rings. The zero-order valence-electron chi connectivity index (χ0n) is 17.0. The van der Waals surface area contributed by atoms with Crippen molar-refractivity contribution in [2.24, 2.45) is 0 Å². The van der Waals surface area contributed by atoms with Gasteiger partial charge in [0.2, 0.25) is 5.91 Å². The number of nitrogens with zero attached hydrogens (tertiary/aromatic N) is 1. The van der Waals surface area contributed by atoms with Crippen LogP contribution in [0.2, 0.25) is 0 Å². The van der Waals surface area contributed by atoms with E-state index in [0.717, 1.165) is 31.2 Å². The van der Waals surface area contributed by atoms with Gasteiger partial charge in [-0.05, 0) is 71.2 Å². The fourth-order valence-corrected chi connectivity index (χ4v) is 6.16. The maximum atomic E-state index is 13.3. The van der Waals surface area contributed by atoms with E-state index in [1.54, 1.807) is 11.3 Å². The molecular weight excluding hydrogens is 380 g/mol. The first kappa shape index (κ1) is 18.9. The van der Waals surface area contributed by atoms with Gasteiger partial charge in [-0.3, -0.25) is 4.79 Å². The second kappa shape index (κ2) is 6.99. The van der Waals surface area contributed by atoms with Gasteiger partial charge in [0, 0.05) is 35.6 Å². The number of benzene rings is 1. The van der Waals surface area contributed by atoms with E-state index in [4.69, 9.17) is 0 Å². The van der Waals surface area contributed by atoms with Crippen molar-refractivity contribution in [3.63, 3.8) is 0 Å².